The van der Waals surface area contributed by atoms with E-state index in [1.807, 2.05) is 0 Å². The fraction of sp³-hybridized carbons (Fsp3) is 0.769. The third kappa shape index (κ3) is 2.33. The predicted molar refractivity (Wildman–Crippen MR) is 72.1 cm³/mol. The fourth-order valence-electron chi connectivity index (χ4n) is 3.41. The second-order valence-electron chi connectivity index (χ2n) is 5.30. The van der Waals surface area contributed by atoms with E-state index in [0.717, 1.165) is 11.2 Å². The normalized spacial score (nSPS) is 27.6. The summed E-state index contributed by atoms with van der Waals surface area (Å²) in [7, 11) is 0. The quantitative estimate of drug-likeness (QED) is 0.877. The van der Waals surface area contributed by atoms with Crippen LogP contribution in [0.25, 0.3) is 0 Å². The Morgan fingerprint density at radius 3 is 2.71 bits per heavy atom. The highest BCUT2D eigenvalue weighted by Gasteiger charge is 2.33. The number of likely N-dealkylation sites (tertiary alicyclic amines) is 1. The monoisotopic (exact) mass is 251 g/mol. The van der Waals surface area contributed by atoms with Crippen molar-refractivity contribution in [1.82, 2.24) is 9.88 Å². The van der Waals surface area contributed by atoms with Gasteiger partial charge in [0.15, 0.2) is 5.13 Å². The minimum atomic E-state index is 0.548. The third-order valence-electron chi connectivity index (χ3n) is 4.22. The second-order valence-corrected chi connectivity index (χ2v) is 6.19. The smallest absolute Gasteiger partial charge is 0.180 e. The minimum Gasteiger partial charge on any atom is -0.375 e. The Balaban J connectivity index is 1.74. The lowest BCUT2D eigenvalue weighted by molar-refractivity contribution is 0.140. The number of aromatic nitrogens is 1. The molecule has 2 aliphatic rings. The van der Waals surface area contributed by atoms with Crippen molar-refractivity contribution >= 4 is 16.5 Å². The standard InChI is InChI=1S/C13H21N3S/c14-13-15-11(9-17-13)12-7-4-8-16(12)10-5-2-1-3-6-10/h9-10,12H,1-8H2,(H2,14,15)/t12-/m1/s1. The number of nitrogens with two attached hydrogens (primary N) is 1. The van der Waals surface area contributed by atoms with Crippen LogP contribution in [0, 0.1) is 0 Å². The number of hydrogen-bond donors (Lipinski definition) is 1. The van der Waals surface area contributed by atoms with Crippen molar-refractivity contribution in [2.24, 2.45) is 0 Å². The van der Waals surface area contributed by atoms with E-state index in [0.29, 0.717) is 6.04 Å². The van der Waals surface area contributed by atoms with Crippen molar-refractivity contribution in [3.05, 3.63) is 11.1 Å². The summed E-state index contributed by atoms with van der Waals surface area (Å²) in [5, 5.41) is 2.87. The number of thiazole rings is 1. The molecule has 0 radical (unpaired) electrons. The molecule has 17 heavy (non-hydrogen) atoms. The van der Waals surface area contributed by atoms with Gasteiger partial charge in [-0.3, -0.25) is 4.90 Å². The van der Waals surface area contributed by atoms with Crippen molar-refractivity contribution in [2.45, 2.75) is 57.0 Å². The first kappa shape index (κ1) is 11.5. The number of nitrogen functional groups attached to an aromatic ring is 1. The van der Waals surface area contributed by atoms with E-state index in [2.05, 4.69) is 15.3 Å². The summed E-state index contributed by atoms with van der Waals surface area (Å²) in [5.74, 6) is 0. The van der Waals surface area contributed by atoms with E-state index in [-0.39, 0.29) is 0 Å². The van der Waals surface area contributed by atoms with Gasteiger partial charge in [-0.05, 0) is 32.2 Å². The Morgan fingerprint density at radius 1 is 1.18 bits per heavy atom. The molecule has 0 aromatic carbocycles. The third-order valence-corrected chi connectivity index (χ3v) is 4.91. The maximum Gasteiger partial charge on any atom is 0.180 e. The van der Waals surface area contributed by atoms with Crippen molar-refractivity contribution < 1.29 is 0 Å². The van der Waals surface area contributed by atoms with E-state index < -0.39 is 0 Å². The van der Waals surface area contributed by atoms with Gasteiger partial charge in [0.2, 0.25) is 0 Å². The molecule has 2 fully saturated rings. The molecule has 3 rings (SSSR count). The van der Waals surface area contributed by atoms with Crippen LogP contribution in [0.2, 0.25) is 0 Å². The molecule has 4 heteroatoms. The van der Waals surface area contributed by atoms with Crippen LogP contribution < -0.4 is 5.73 Å². The van der Waals surface area contributed by atoms with Crippen molar-refractivity contribution in [3.8, 4) is 0 Å². The Morgan fingerprint density at radius 2 is 2.00 bits per heavy atom. The highest BCUT2D eigenvalue weighted by atomic mass is 32.1. The van der Waals surface area contributed by atoms with Gasteiger partial charge in [0, 0.05) is 11.4 Å². The molecule has 1 aromatic rings. The first-order chi connectivity index (χ1) is 8.34. The van der Waals surface area contributed by atoms with Crippen LogP contribution in [-0.2, 0) is 0 Å². The van der Waals surface area contributed by atoms with Gasteiger partial charge in [-0.1, -0.05) is 19.3 Å². The molecule has 2 heterocycles. The summed E-state index contributed by atoms with van der Waals surface area (Å²) in [5.41, 5.74) is 6.98. The fourth-order valence-corrected chi connectivity index (χ4v) is 4.02. The minimum absolute atomic E-state index is 0.548. The van der Waals surface area contributed by atoms with Gasteiger partial charge in [0.05, 0.1) is 11.7 Å². The number of hydrogen-bond acceptors (Lipinski definition) is 4. The molecule has 0 amide bonds. The predicted octanol–water partition coefficient (Wildman–Crippen LogP) is 3.19. The molecule has 0 bridgehead atoms. The Kier molecular flexibility index (Phi) is 3.34. The van der Waals surface area contributed by atoms with E-state index in [4.69, 9.17) is 5.73 Å². The van der Waals surface area contributed by atoms with E-state index in [9.17, 15) is 0 Å². The number of anilines is 1. The largest absolute Gasteiger partial charge is 0.375 e. The molecule has 1 atom stereocenters. The first-order valence-electron chi connectivity index (χ1n) is 6.81. The Bertz CT molecular complexity index is 370. The van der Waals surface area contributed by atoms with Crippen LogP contribution in [-0.4, -0.2) is 22.5 Å². The molecule has 94 valence electrons. The van der Waals surface area contributed by atoms with Gasteiger partial charge >= 0.3 is 0 Å². The van der Waals surface area contributed by atoms with Gasteiger partial charge in [-0.2, -0.15) is 0 Å². The van der Waals surface area contributed by atoms with Gasteiger partial charge in [0.1, 0.15) is 0 Å². The maximum atomic E-state index is 5.76. The van der Waals surface area contributed by atoms with Crippen LogP contribution in [0.15, 0.2) is 5.38 Å². The summed E-state index contributed by atoms with van der Waals surface area (Å²) in [6, 6.07) is 1.35. The lowest BCUT2D eigenvalue weighted by Crippen LogP contribution is -2.36. The zero-order valence-corrected chi connectivity index (χ0v) is 11.1. The summed E-state index contributed by atoms with van der Waals surface area (Å²) in [4.78, 5) is 7.19. The molecule has 3 nitrogen and oxygen atoms in total. The van der Waals surface area contributed by atoms with Gasteiger partial charge < -0.3 is 5.73 Å². The van der Waals surface area contributed by atoms with Crippen molar-refractivity contribution in [1.29, 1.82) is 0 Å². The molecule has 1 aliphatic carbocycles. The molecule has 0 unspecified atom stereocenters. The van der Waals surface area contributed by atoms with Crippen LogP contribution in [0.3, 0.4) is 0 Å². The van der Waals surface area contributed by atoms with Crippen LogP contribution in [0.1, 0.15) is 56.7 Å². The van der Waals surface area contributed by atoms with E-state index in [1.54, 1.807) is 11.3 Å². The zero-order valence-electron chi connectivity index (χ0n) is 10.3. The van der Waals surface area contributed by atoms with Gasteiger partial charge in [0.25, 0.3) is 0 Å². The highest BCUT2D eigenvalue weighted by Crippen LogP contribution is 2.37. The molecule has 1 saturated carbocycles. The van der Waals surface area contributed by atoms with Crippen molar-refractivity contribution in [3.63, 3.8) is 0 Å². The lowest BCUT2D eigenvalue weighted by atomic mass is 9.93. The second kappa shape index (κ2) is 4.94. The molecular weight excluding hydrogens is 230 g/mol. The van der Waals surface area contributed by atoms with E-state index >= 15 is 0 Å². The maximum absolute atomic E-state index is 5.76. The summed E-state index contributed by atoms with van der Waals surface area (Å²) in [6.07, 6.45) is 9.60. The van der Waals surface area contributed by atoms with Crippen molar-refractivity contribution in [2.75, 3.05) is 12.3 Å². The molecule has 1 aromatic heterocycles. The Labute approximate surface area is 107 Å². The number of nitrogens with zero attached hydrogens (tertiary/aromatic N) is 2. The lowest BCUT2D eigenvalue weighted by Gasteiger charge is -2.34. The van der Waals surface area contributed by atoms with Crippen LogP contribution >= 0.6 is 11.3 Å². The average Bonchev–Trinajstić information content (AvgIpc) is 2.98. The van der Waals surface area contributed by atoms with Gasteiger partial charge in [-0.25, -0.2) is 4.98 Å². The first-order valence-corrected chi connectivity index (χ1v) is 7.69. The molecule has 0 spiro atoms. The van der Waals surface area contributed by atoms with Crippen LogP contribution in [0.5, 0.6) is 0 Å². The molecular formula is C13H21N3S. The number of rotatable bonds is 2. The molecule has 1 saturated heterocycles. The SMILES string of the molecule is Nc1nc([C@H]2CCCN2C2CCCCC2)cs1. The zero-order chi connectivity index (χ0) is 11.7. The molecule has 1 aliphatic heterocycles. The summed E-state index contributed by atoms with van der Waals surface area (Å²) >= 11 is 1.58. The Hall–Kier alpha value is -0.610. The summed E-state index contributed by atoms with van der Waals surface area (Å²) < 4.78 is 0. The van der Waals surface area contributed by atoms with Gasteiger partial charge in [-0.15, -0.1) is 11.3 Å². The van der Waals surface area contributed by atoms with Crippen LogP contribution in [0.4, 0.5) is 5.13 Å². The van der Waals surface area contributed by atoms with E-state index in [1.165, 1.54) is 57.2 Å². The topological polar surface area (TPSA) is 42.1 Å². The highest BCUT2D eigenvalue weighted by molar-refractivity contribution is 7.13. The summed E-state index contributed by atoms with van der Waals surface area (Å²) in [6.45, 7) is 1.26. The average molecular weight is 251 g/mol. The molecule has 2 N–H and O–H groups in total.